The number of terminal acetylenes is 1. The van der Waals surface area contributed by atoms with Gasteiger partial charge >= 0.3 is 0 Å². The van der Waals surface area contributed by atoms with Crippen molar-refractivity contribution in [3.63, 3.8) is 0 Å². The third-order valence-corrected chi connectivity index (χ3v) is 3.07. The first-order valence-electron chi connectivity index (χ1n) is 3.88. The highest BCUT2D eigenvalue weighted by molar-refractivity contribution is 8.76. The van der Waals surface area contributed by atoms with Gasteiger partial charge in [0.25, 0.3) is 0 Å². The molecule has 0 spiro atoms. The summed E-state index contributed by atoms with van der Waals surface area (Å²) in [5.74, 6) is 4.36. The van der Waals surface area contributed by atoms with E-state index in [1.165, 1.54) is 0 Å². The molecule has 0 aliphatic carbocycles. The molecule has 0 aromatic carbocycles. The van der Waals surface area contributed by atoms with Crippen molar-refractivity contribution in [1.29, 1.82) is 0 Å². The Morgan fingerprint density at radius 3 is 2.38 bits per heavy atom. The zero-order valence-electron chi connectivity index (χ0n) is 7.92. The van der Waals surface area contributed by atoms with Gasteiger partial charge in [-0.1, -0.05) is 34.9 Å². The van der Waals surface area contributed by atoms with Crippen LogP contribution in [0.4, 0.5) is 0 Å². The molecular formula is C10H20OS2. The maximum Gasteiger partial charge on any atom is 0.0648 e. The molecule has 0 rings (SSSR count). The van der Waals surface area contributed by atoms with Crippen molar-refractivity contribution >= 4 is 21.6 Å². The minimum absolute atomic E-state index is 0. The molecule has 0 unspecified atom stereocenters. The van der Waals surface area contributed by atoms with Crippen LogP contribution in [-0.2, 0) is 4.74 Å². The molecule has 78 valence electrons. The Labute approximate surface area is 90.8 Å². The van der Waals surface area contributed by atoms with Gasteiger partial charge in [-0.25, -0.2) is 0 Å². The van der Waals surface area contributed by atoms with E-state index in [9.17, 15) is 0 Å². The van der Waals surface area contributed by atoms with Crippen molar-refractivity contribution < 1.29 is 4.74 Å². The van der Waals surface area contributed by atoms with Gasteiger partial charge in [0, 0.05) is 5.75 Å². The number of ether oxygens (including phenoxy) is 1. The van der Waals surface area contributed by atoms with Gasteiger partial charge in [-0.3, -0.25) is 0 Å². The summed E-state index contributed by atoms with van der Waals surface area (Å²) >= 11 is 0. The molecule has 0 saturated heterocycles. The molecule has 1 nitrogen and oxygen atoms in total. The molecule has 0 radical (unpaired) electrons. The molecule has 0 fully saturated rings. The van der Waals surface area contributed by atoms with E-state index in [4.69, 9.17) is 11.2 Å². The van der Waals surface area contributed by atoms with E-state index in [0.717, 1.165) is 18.1 Å². The molecule has 0 aliphatic rings. The third kappa shape index (κ3) is 15.0. The van der Waals surface area contributed by atoms with Crippen molar-refractivity contribution in [2.45, 2.75) is 33.8 Å². The highest BCUT2D eigenvalue weighted by Gasteiger charge is 2.08. The molecule has 13 heavy (non-hydrogen) atoms. The molecule has 0 N–H and O–H groups in total. The third-order valence-electron chi connectivity index (χ3n) is 0.927. The first-order valence-corrected chi connectivity index (χ1v) is 6.37. The Bertz CT molecular complexity index is 144. The second kappa shape index (κ2) is 8.80. The molecule has 0 atom stereocenters. The molecule has 0 amide bonds. The molecule has 0 aliphatic heterocycles. The van der Waals surface area contributed by atoms with E-state index in [0.29, 0.717) is 0 Å². The SMILES string of the molecule is C.C#CCSSCCOC(C)(C)C. The highest BCUT2D eigenvalue weighted by Crippen LogP contribution is 2.20. The van der Waals surface area contributed by atoms with Crippen LogP contribution in [0, 0.1) is 12.3 Å². The van der Waals surface area contributed by atoms with Crippen LogP contribution in [0.25, 0.3) is 0 Å². The van der Waals surface area contributed by atoms with E-state index in [2.05, 4.69) is 26.7 Å². The fourth-order valence-corrected chi connectivity index (χ4v) is 1.95. The normalized spacial score (nSPS) is 10.3. The average Bonchev–Trinajstić information content (AvgIpc) is 1.94. The lowest BCUT2D eigenvalue weighted by atomic mass is 10.2. The maximum absolute atomic E-state index is 5.52. The highest BCUT2D eigenvalue weighted by atomic mass is 33.1. The molecule has 0 saturated carbocycles. The second-order valence-electron chi connectivity index (χ2n) is 3.25. The van der Waals surface area contributed by atoms with Gasteiger partial charge in [-0.05, 0) is 20.8 Å². The Kier molecular flexibility index (Phi) is 10.6. The minimum Gasteiger partial charge on any atom is -0.375 e. The molecule has 0 aromatic rings. The van der Waals surface area contributed by atoms with E-state index in [1.807, 2.05) is 0 Å². The van der Waals surface area contributed by atoms with Crippen LogP contribution in [0.15, 0.2) is 0 Å². The molecular weight excluding hydrogens is 200 g/mol. The summed E-state index contributed by atoms with van der Waals surface area (Å²) in [6.07, 6.45) is 5.10. The van der Waals surface area contributed by atoms with Gasteiger partial charge in [0.1, 0.15) is 0 Å². The minimum atomic E-state index is -0.0165. The first-order chi connectivity index (χ1) is 5.56. The summed E-state index contributed by atoms with van der Waals surface area (Å²) in [6, 6.07) is 0. The van der Waals surface area contributed by atoms with Crippen LogP contribution in [0.1, 0.15) is 28.2 Å². The van der Waals surface area contributed by atoms with Gasteiger partial charge in [-0.2, -0.15) is 0 Å². The Morgan fingerprint density at radius 1 is 1.31 bits per heavy atom. The fraction of sp³-hybridized carbons (Fsp3) is 0.800. The lowest BCUT2D eigenvalue weighted by Crippen LogP contribution is -2.20. The lowest BCUT2D eigenvalue weighted by Gasteiger charge is -2.18. The number of rotatable bonds is 5. The smallest absolute Gasteiger partial charge is 0.0648 e. The van der Waals surface area contributed by atoms with Crippen molar-refractivity contribution in [3.05, 3.63) is 0 Å². The van der Waals surface area contributed by atoms with Crippen molar-refractivity contribution in [2.75, 3.05) is 18.1 Å². The van der Waals surface area contributed by atoms with Crippen molar-refractivity contribution in [3.8, 4) is 12.3 Å². The van der Waals surface area contributed by atoms with Gasteiger partial charge in [0.2, 0.25) is 0 Å². The summed E-state index contributed by atoms with van der Waals surface area (Å²) in [4.78, 5) is 0. The summed E-state index contributed by atoms with van der Waals surface area (Å²) in [5, 5.41) is 0. The largest absolute Gasteiger partial charge is 0.375 e. The van der Waals surface area contributed by atoms with Gasteiger partial charge in [0.15, 0.2) is 0 Å². The summed E-state index contributed by atoms with van der Waals surface area (Å²) in [6.45, 7) is 6.98. The maximum atomic E-state index is 5.52. The standard InChI is InChI=1S/C9H16OS2.CH4/c1-5-7-11-12-8-6-10-9(2,3)4;/h1H,6-8H2,2-4H3;1H4. The van der Waals surface area contributed by atoms with Crippen LogP contribution in [-0.4, -0.2) is 23.7 Å². The molecule has 3 heteroatoms. The zero-order valence-corrected chi connectivity index (χ0v) is 9.56. The molecule has 0 aromatic heterocycles. The average molecular weight is 220 g/mol. The van der Waals surface area contributed by atoms with E-state index < -0.39 is 0 Å². The van der Waals surface area contributed by atoms with Crippen LogP contribution >= 0.6 is 21.6 Å². The second-order valence-corrected chi connectivity index (χ2v) is 5.83. The van der Waals surface area contributed by atoms with Crippen LogP contribution in [0.2, 0.25) is 0 Å². The van der Waals surface area contributed by atoms with E-state index in [-0.39, 0.29) is 13.0 Å². The lowest BCUT2D eigenvalue weighted by molar-refractivity contribution is 0.00703. The predicted molar refractivity (Wildman–Crippen MR) is 66.2 cm³/mol. The molecule has 0 heterocycles. The van der Waals surface area contributed by atoms with Gasteiger partial charge in [-0.15, -0.1) is 6.42 Å². The quantitative estimate of drug-likeness (QED) is 0.399. The first kappa shape index (κ1) is 15.7. The predicted octanol–water partition coefficient (Wildman–Crippen LogP) is 3.45. The summed E-state index contributed by atoms with van der Waals surface area (Å²) in [7, 11) is 3.47. The van der Waals surface area contributed by atoms with Crippen LogP contribution < -0.4 is 0 Å². The molecule has 0 bridgehead atoms. The Morgan fingerprint density at radius 2 is 1.92 bits per heavy atom. The van der Waals surface area contributed by atoms with Crippen LogP contribution in [0.5, 0.6) is 0 Å². The summed E-state index contributed by atoms with van der Waals surface area (Å²) < 4.78 is 5.52. The fourth-order valence-electron chi connectivity index (χ4n) is 0.516. The topological polar surface area (TPSA) is 9.23 Å². The van der Waals surface area contributed by atoms with E-state index in [1.54, 1.807) is 21.6 Å². The Balaban J connectivity index is 0. The van der Waals surface area contributed by atoms with Crippen LogP contribution in [0.3, 0.4) is 0 Å². The number of hydrogen-bond acceptors (Lipinski definition) is 3. The number of hydrogen-bond donors (Lipinski definition) is 0. The van der Waals surface area contributed by atoms with Crippen molar-refractivity contribution in [2.24, 2.45) is 0 Å². The zero-order chi connectivity index (χ0) is 9.45. The monoisotopic (exact) mass is 220 g/mol. The Hall–Kier alpha value is 0.220. The van der Waals surface area contributed by atoms with Gasteiger partial charge < -0.3 is 4.74 Å². The van der Waals surface area contributed by atoms with E-state index >= 15 is 0 Å². The van der Waals surface area contributed by atoms with Gasteiger partial charge in [0.05, 0.1) is 18.0 Å². The summed E-state index contributed by atoms with van der Waals surface area (Å²) in [5.41, 5.74) is -0.0165. The van der Waals surface area contributed by atoms with Crippen molar-refractivity contribution in [1.82, 2.24) is 0 Å².